The van der Waals surface area contributed by atoms with E-state index in [1.165, 1.54) is 6.26 Å². The minimum absolute atomic E-state index is 0.209. The fourth-order valence-electron chi connectivity index (χ4n) is 2.57. The van der Waals surface area contributed by atoms with Crippen LogP contribution in [0.5, 0.6) is 0 Å². The van der Waals surface area contributed by atoms with Gasteiger partial charge in [-0.15, -0.1) is 0 Å². The van der Waals surface area contributed by atoms with E-state index < -0.39 is 0 Å². The maximum absolute atomic E-state index is 12.5. The third-order valence-corrected chi connectivity index (χ3v) is 4.01. The molecular weight excluding hydrogens is 342 g/mol. The van der Waals surface area contributed by atoms with Crippen molar-refractivity contribution in [3.05, 3.63) is 83.8 Å². The first-order valence-corrected chi connectivity index (χ1v) is 8.52. The minimum Gasteiger partial charge on any atom is -0.459 e. The molecule has 138 valence electrons. The number of benzene rings is 2. The fraction of sp³-hybridized carbons (Fsp3) is 0.143. The lowest BCUT2D eigenvalue weighted by Gasteiger charge is -2.14. The summed E-state index contributed by atoms with van der Waals surface area (Å²) < 4.78 is 5.06. The van der Waals surface area contributed by atoms with Crippen molar-refractivity contribution in [3.8, 4) is 0 Å². The van der Waals surface area contributed by atoms with Gasteiger partial charge in [-0.1, -0.05) is 18.2 Å². The summed E-state index contributed by atoms with van der Waals surface area (Å²) in [6, 6.07) is 18.0. The molecule has 6 nitrogen and oxygen atoms in total. The molecule has 0 unspecified atom stereocenters. The monoisotopic (exact) mass is 363 g/mol. The van der Waals surface area contributed by atoms with E-state index in [0.717, 1.165) is 11.3 Å². The van der Waals surface area contributed by atoms with E-state index in [-0.39, 0.29) is 17.6 Å². The fourth-order valence-corrected chi connectivity index (χ4v) is 2.57. The zero-order valence-corrected chi connectivity index (χ0v) is 15.2. The van der Waals surface area contributed by atoms with E-state index in [1.54, 1.807) is 36.4 Å². The quantitative estimate of drug-likeness (QED) is 0.703. The van der Waals surface area contributed by atoms with Gasteiger partial charge in [0.15, 0.2) is 5.76 Å². The molecule has 0 radical (unpaired) electrons. The maximum atomic E-state index is 12.5. The molecule has 2 amide bonds. The molecule has 27 heavy (non-hydrogen) atoms. The van der Waals surface area contributed by atoms with Crippen LogP contribution in [0.15, 0.2) is 71.3 Å². The Morgan fingerprint density at radius 3 is 2.52 bits per heavy atom. The number of hydrogen-bond acceptors (Lipinski definition) is 4. The Kier molecular flexibility index (Phi) is 5.56. The van der Waals surface area contributed by atoms with Gasteiger partial charge in [-0.05, 0) is 48.0 Å². The molecule has 6 heteroatoms. The van der Waals surface area contributed by atoms with E-state index in [0.29, 0.717) is 17.8 Å². The molecule has 0 atom stereocenters. The number of anilines is 2. The molecule has 0 saturated heterocycles. The van der Waals surface area contributed by atoms with Crippen molar-refractivity contribution in [2.45, 2.75) is 6.54 Å². The van der Waals surface area contributed by atoms with Gasteiger partial charge in [0.05, 0.1) is 6.26 Å². The summed E-state index contributed by atoms with van der Waals surface area (Å²) in [5.74, 6) is -0.358. The second-order valence-corrected chi connectivity index (χ2v) is 6.26. The zero-order valence-electron chi connectivity index (χ0n) is 15.2. The lowest BCUT2D eigenvalue weighted by molar-refractivity contribution is 0.0949. The average molecular weight is 363 g/mol. The van der Waals surface area contributed by atoms with Crippen LogP contribution < -0.4 is 15.5 Å². The van der Waals surface area contributed by atoms with Crippen LogP contribution in [0.4, 0.5) is 11.4 Å². The molecule has 0 aliphatic carbocycles. The van der Waals surface area contributed by atoms with Gasteiger partial charge in [0.2, 0.25) is 0 Å². The number of rotatable bonds is 6. The number of amides is 2. The van der Waals surface area contributed by atoms with Gasteiger partial charge >= 0.3 is 0 Å². The highest BCUT2D eigenvalue weighted by Crippen LogP contribution is 2.15. The molecule has 0 saturated carbocycles. The van der Waals surface area contributed by atoms with Crippen LogP contribution in [0, 0.1) is 0 Å². The van der Waals surface area contributed by atoms with E-state index in [4.69, 9.17) is 4.42 Å². The molecule has 1 heterocycles. The second kappa shape index (κ2) is 8.23. The van der Waals surface area contributed by atoms with Crippen LogP contribution in [0.2, 0.25) is 0 Å². The highest BCUT2D eigenvalue weighted by Gasteiger charge is 2.11. The third kappa shape index (κ3) is 4.76. The predicted molar refractivity (Wildman–Crippen MR) is 105 cm³/mol. The normalized spacial score (nSPS) is 10.3. The zero-order chi connectivity index (χ0) is 19.2. The standard InChI is InChI=1S/C21H21N3O3/c1-24(2)18-9-3-6-15(12-18)14-22-20(25)16-7-4-8-17(13-16)23-21(26)19-10-5-11-27-19/h3-13H,14H2,1-2H3,(H,22,25)(H,23,26). The van der Waals surface area contributed by atoms with Crippen LogP contribution >= 0.6 is 0 Å². The topological polar surface area (TPSA) is 74.6 Å². The molecular formula is C21H21N3O3. The van der Waals surface area contributed by atoms with Gasteiger partial charge in [0.1, 0.15) is 0 Å². The van der Waals surface area contributed by atoms with Crippen molar-refractivity contribution >= 4 is 23.2 Å². The molecule has 3 rings (SSSR count). The first kappa shape index (κ1) is 18.3. The Balaban J connectivity index is 1.63. The maximum Gasteiger partial charge on any atom is 0.291 e. The van der Waals surface area contributed by atoms with E-state index in [2.05, 4.69) is 10.6 Å². The van der Waals surface area contributed by atoms with Gasteiger partial charge in [-0.3, -0.25) is 9.59 Å². The van der Waals surface area contributed by atoms with Crippen LogP contribution in [0.1, 0.15) is 26.5 Å². The first-order valence-electron chi connectivity index (χ1n) is 8.52. The molecule has 3 aromatic rings. The Morgan fingerprint density at radius 2 is 1.78 bits per heavy atom. The van der Waals surface area contributed by atoms with Crippen molar-refractivity contribution < 1.29 is 14.0 Å². The summed E-state index contributed by atoms with van der Waals surface area (Å²) in [6.07, 6.45) is 1.43. The molecule has 0 aliphatic rings. The summed E-state index contributed by atoms with van der Waals surface area (Å²) in [5.41, 5.74) is 3.08. The highest BCUT2D eigenvalue weighted by molar-refractivity contribution is 6.03. The molecule has 2 N–H and O–H groups in total. The first-order chi connectivity index (χ1) is 13.0. The molecule has 2 aromatic carbocycles. The number of furan rings is 1. The van der Waals surface area contributed by atoms with Gasteiger partial charge < -0.3 is 20.0 Å². The predicted octanol–water partition coefficient (Wildman–Crippen LogP) is 3.53. The third-order valence-electron chi connectivity index (χ3n) is 4.01. The minimum atomic E-state index is -0.363. The lowest BCUT2D eigenvalue weighted by atomic mass is 10.1. The van der Waals surface area contributed by atoms with Crippen molar-refractivity contribution in [1.29, 1.82) is 0 Å². The van der Waals surface area contributed by atoms with E-state index in [9.17, 15) is 9.59 Å². The van der Waals surface area contributed by atoms with Crippen LogP contribution in [0.3, 0.4) is 0 Å². The second-order valence-electron chi connectivity index (χ2n) is 6.26. The Labute approximate surface area is 157 Å². The van der Waals surface area contributed by atoms with Crippen LogP contribution in [-0.4, -0.2) is 25.9 Å². The largest absolute Gasteiger partial charge is 0.459 e. The average Bonchev–Trinajstić information content (AvgIpc) is 3.21. The van der Waals surface area contributed by atoms with Crippen LogP contribution in [-0.2, 0) is 6.54 Å². The molecule has 0 spiro atoms. The number of hydrogen-bond donors (Lipinski definition) is 2. The Bertz CT molecular complexity index is 933. The summed E-state index contributed by atoms with van der Waals surface area (Å²) in [7, 11) is 3.94. The highest BCUT2D eigenvalue weighted by atomic mass is 16.3. The SMILES string of the molecule is CN(C)c1cccc(CNC(=O)c2cccc(NC(=O)c3ccco3)c2)c1. The van der Waals surface area contributed by atoms with Crippen molar-refractivity contribution in [2.24, 2.45) is 0 Å². The van der Waals surface area contributed by atoms with E-state index in [1.807, 2.05) is 43.3 Å². The number of nitrogens with one attached hydrogen (secondary N) is 2. The van der Waals surface area contributed by atoms with Gasteiger partial charge in [-0.2, -0.15) is 0 Å². The van der Waals surface area contributed by atoms with Crippen molar-refractivity contribution in [2.75, 3.05) is 24.3 Å². The number of carbonyl (C=O) groups excluding carboxylic acids is 2. The molecule has 0 fully saturated rings. The molecule has 1 aromatic heterocycles. The molecule has 0 aliphatic heterocycles. The summed E-state index contributed by atoms with van der Waals surface area (Å²) >= 11 is 0. The summed E-state index contributed by atoms with van der Waals surface area (Å²) in [6.45, 7) is 0.420. The number of nitrogens with zero attached hydrogens (tertiary/aromatic N) is 1. The smallest absolute Gasteiger partial charge is 0.291 e. The van der Waals surface area contributed by atoms with Crippen molar-refractivity contribution in [1.82, 2.24) is 5.32 Å². The molecule has 0 bridgehead atoms. The van der Waals surface area contributed by atoms with Gasteiger partial charge in [-0.25, -0.2) is 0 Å². The number of carbonyl (C=O) groups is 2. The Morgan fingerprint density at radius 1 is 0.963 bits per heavy atom. The van der Waals surface area contributed by atoms with Crippen molar-refractivity contribution in [3.63, 3.8) is 0 Å². The summed E-state index contributed by atoms with van der Waals surface area (Å²) in [4.78, 5) is 26.5. The van der Waals surface area contributed by atoms with E-state index >= 15 is 0 Å². The lowest BCUT2D eigenvalue weighted by Crippen LogP contribution is -2.23. The van der Waals surface area contributed by atoms with Gasteiger partial charge in [0, 0.05) is 37.6 Å². The Hall–Kier alpha value is -3.54. The summed E-state index contributed by atoms with van der Waals surface area (Å²) in [5, 5.41) is 5.62. The van der Waals surface area contributed by atoms with Crippen LogP contribution in [0.25, 0.3) is 0 Å². The van der Waals surface area contributed by atoms with Gasteiger partial charge in [0.25, 0.3) is 11.8 Å².